The minimum Gasteiger partial charge on any atom is -0.376 e. The summed E-state index contributed by atoms with van der Waals surface area (Å²) in [6, 6.07) is 0.226. The molecule has 0 spiro atoms. The Hall–Kier alpha value is -1.39. The van der Waals surface area contributed by atoms with Crippen LogP contribution >= 0.6 is 0 Å². The van der Waals surface area contributed by atoms with Gasteiger partial charge in [0.15, 0.2) is 5.96 Å². The summed E-state index contributed by atoms with van der Waals surface area (Å²) in [7, 11) is 0. The molecule has 0 radical (unpaired) electrons. The van der Waals surface area contributed by atoms with E-state index in [0.29, 0.717) is 37.7 Å². The standard InChI is InChI=1S/C21H34F3N5O2/c22-14-4-1-12(2-5-14)18-10-19(29-28-18)26-21(25-11-15-7-8-31-15)27-20(30)13-3-6-16(23)17(24)9-13/h12-19,28-29H,1-11H2,(H2,25,26,27,30). The lowest BCUT2D eigenvalue weighted by atomic mass is 9.82. The van der Waals surface area contributed by atoms with Crippen molar-refractivity contribution in [2.75, 3.05) is 13.2 Å². The highest BCUT2D eigenvalue weighted by Crippen LogP contribution is 2.31. The maximum Gasteiger partial charge on any atom is 0.229 e. The molecule has 6 unspecified atom stereocenters. The molecule has 4 rings (SSSR count). The summed E-state index contributed by atoms with van der Waals surface area (Å²) in [4.78, 5) is 17.2. The van der Waals surface area contributed by atoms with Gasteiger partial charge in [0.2, 0.25) is 5.91 Å². The molecule has 10 heteroatoms. The van der Waals surface area contributed by atoms with Crippen LogP contribution in [0.5, 0.6) is 0 Å². The predicted molar refractivity (Wildman–Crippen MR) is 110 cm³/mol. The maximum atomic E-state index is 13.7. The molecule has 31 heavy (non-hydrogen) atoms. The van der Waals surface area contributed by atoms with Crippen LogP contribution in [0.25, 0.3) is 0 Å². The fourth-order valence-electron chi connectivity index (χ4n) is 4.91. The van der Waals surface area contributed by atoms with Crippen LogP contribution in [0.15, 0.2) is 4.99 Å². The van der Waals surface area contributed by atoms with E-state index in [1.54, 1.807) is 0 Å². The normalized spacial score (nSPS) is 41.5. The van der Waals surface area contributed by atoms with E-state index in [4.69, 9.17) is 4.74 Å². The molecule has 0 bridgehead atoms. The number of halogens is 3. The lowest BCUT2D eigenvalue weighted by Crippen LogP contribution is -2.52. The van der Waals surface area contributed by atoms with Gasteiger partial charge in [-0.05, 0) is 63.7 Å². The number of aliphatic imine (C=N–C) groups is 1. The summed E-state index contributed by atoms with van der Waals surface area (Å²) in [5.74, 6) is -0.154. The van der Waals surface area contributed by atoms with Crippen LogP contribution in [0.4, 0.5) is 13.2 Å². The van der Waals surface area contributed by atoms with E-state index in [9.17, 15) is 18.0 Å². The van der Waals surface area contributed by atoms with E-state index in [1.807, 2.05) is 0 Å². The third-order valence-corrected chi connectivity index (χ3v) is 7.07. The molecule has 2 saturated heterocycles. The Kier molecular flexibility index (Phi) is 7.71. The molecule has 176 valence electrons. The van der Waals surface area contributed by atoms with Gasteiger partial charge in [0.25, 0.3) is 0 Å². The summed E-state index contributed by atoms with van der Waals surface area (Å²) in [5.41, 5.74) is 6.49. The van der Waals surface area contributed by atoms with Gasteiger partial charge in [0.05, 0.1) is 18.8 Å². The smallest absolute Gasteiger partial charge is 0.229 e. The van der Waals surface area contributed by atoms with Crippen molar-refractivity contribution in [1.29, 1.82) is 0 Å². The van der Waals surface area contributed by atoms with Crippen LogP contribution in [0.1, 0.15) is 57.8 Å². The number of nitrogens with one attached hydrogen (secondary N) is 4. The average Bonchev–Trinajstić information content (AvgIpc) is 3.17. The topological polar surface area (TPSA) is 86.8 Å². The highest BCUT2D eigenvalue weighted by molar-refractivity contribution is 5.98. The number of carbonyl (C=O) groups is 1. The Labute approximate surface area is 181 Å². The number of alkyl halides is 3. The van der Waals surface area contributed by atoms with Crippen LogP contribution in [0, 0.1) is 11.8 Å². The van der Waals surface area contributed by atoms with E-state index in [-0.39, 0.29) is 37.1 Å². The maximum absolute atomic E-state index is 13.7. The Balaban J connectivity index is 1.31. The van der Waals surface area contributed by atoms with Gasteiger partial charge in [-0.2, -0.15) is 0 Å². The third-order valence-electron chi connectivity index (χ3n) is 7.07. The quantitative estimate of drug-likeness (QED) is 0.384. The second-order valence-corrected chi connectivity index (χ2v) is 9.34. The number of ether oxygens (including phenoxy) is 1. The van der Waals surface area contributed by atoms with Crippen LogP contribution in [0.3, 0.4) is 0 Å². The van der Waals surface area contributed by atoms with Crippen LogP contribution in [0.2, 0.25) is 0 Å². The van der Waals surface area contributed by atoms with Crippen molar-refractivity contribution >= 4 is 11.9 Å². The predicted octanol–water partition coefficient (Wildman–Crippen LogP) is 2.03. The first kappa shape index (κ1) is 22.8. The molecule has 0 aromatic rings. The van der Waals surface area contributed by atoms with Gasteiger partial charge in [-0.25, -0.2) is 18.6 Å². The average molecular weight is 446 g/mol. The molecule has 2 aliphatic heterocycles. The summed E-state index contributed by atoms with van der Waals surface area (Å²) in [6.45, 7) is 1.15. The number of hydrogen-bond acceptors (Lipinski definition) is 5. The van der Waals surface area contributed by atoms with E-state index in [0.717, 1.165) is 32.3 Å². The SMILES string of the molecule is O=C(NC(=NCC1CCO1)NC1CC(C2CCC(F)CC2)NN1)C1CCC(F)C(F)C1. The summed E-state index contributed by atoms with van der Waals surface area (Å²) >= 11 is 0. The lowest BCUT2D eigenvalue weighted by Gasteiger charge is -2.29. The molecule has 4 N–H and O–H groups in total. The first-order valence-corrected chi connectivity index (χ1v) is 11.6. The van der Waals surface area contributed by atoms with Crippen LogP contribution in [-0.2, 0) is 9.53 Å². The minimum absolute atomic E-state index is 0.0456. The van der Waals surface area contributed by atoms with E-state index >= 15 is 0 Å². The second kappa shape index (κ2) is 10.5. The summed E-state index contributed by atoms with van der Waals surface area (Å²) in [6.07, 6.45) is 1.09. The van der Waals surface area contributed by atoms with Gasteiger partial charge in [-0.15, -0.1) is 0 Å². The van der Waals surface area contributed by atoms with Crippen molar-refractivity contribution in [2.24, 2.45) is 16.8 Å². The van der Waals surface area contributed by atoms with Gasteiger partial charge in [-0.3, -0.25) is 20.5 Å². The van der Waals surface area contributed by atoms with Gasteiger partial charge in [0.1, 0.15) is 18.5 Å². The molecule has 1 amide bonds. The van der Waals surface area contributed by atoms with Crippen LogP contribution < -0.4 is 21.5 Å². The van der Waals surface area contributed by atoms with E-state index < -0.39 is 24.4 Å². The van der Waals surface area contributed by atoms with Crippen LogP contribution in [-0.4, -0.2) is 61.8 Å². The number of guanidine groups is 1. The first-order chi connectivity index (χ1) is 15.0. The molecule has 7 nitrogen and oxygen atoms in total. The van der Waals surface area contributed by atoms with Gasteiger partial charge in [0, 0.05) is 18.6 Å². The Morgan fingerprint density at radius 2 is 1.74 bits per heavy atom. The van der Waals surface area contributed by atoms with Crippen molar-refractivity contribution < 1.29 is 22.7 Å². The number of rotatable bonds is 5. The highest BCUT2D eigenvalue weighted by atomic mass is 19.2. The fraction of sp³-hybridized carbons (Fsp3) is 0.905. The highest BCUT2D eigenvalue weighted by Gasteiger charge is 2.36. The van der Waals surface area contributed by atoms with Crippen molar-refractivity contribution in [3.63, 3.8) is 0 Å². The largest absolute Gasteiger partial charge is 0.376 e. The van der Waals surface area contributed by atoms with Crippen molar-refractivity contribution in [2.45, 2.75) is 94.6 Å². The van der Waals surface area contributed by atoms with Gasteiger partial charge < -0.3 is 10.1 Å². The molecular weight excluding hydrogens is 411 g/mol. The molecular formula is C21H34F3N5O2. The lowest BCUT2D eigenvalue weighted by molar-refractivity contribution is -0.125. The van der Waals surface area contributed by atoms with E-state index in [1.165, 1.54) is 0 Å². The molecule has 4 aliphatic rings. The molecule has 0 aromatic heterocycles. The Morgan fingerprint density at radius 1 is 0.968 bits per heavy atom. The third kappa shape index (κ3) is 6.10. The molecule has 4 fully saturated rings. The minimum atomic E-state index is -1.60. The Bertz CT molecular complexity index is 643. The fourth-order valence-corrected chi connectivity index (χ4v) is 4.91. The zero-order valence-electron chi connectivity index (χ0n) is 17.8. The molecule has 0 aromatic carbocycles. The number of nitrogens with zero attached hydrogens (tertiary/aromatic N) is 1. The van der Waals surface area contributed by atoms with Crippen molar-refractivity contribution in [1.82, 2.24) is 21.5 Å². The molecule has 2 heterocycles. The van der Waals surface area contributed by atoms with E-state index in [2.05, 4.69) is 26.5 Å². The van der Waals surface area contributed by atoms with Crippen molar-refractivity contribution in [3.05, 3.63) is 0 Å². The monoisotopic (exact) mass is 445 g/mol. The van der Waals surface area contributed by atoms with Crippen molar-refractivity contribution in [3.8, 4) is 0 Å². The molecule has 6 atom stereocenters. The number of carbonyl (C=O) groups excluding carboxylic acids is 1. The number of hydrogen-bond donors (Lipinski definition) is 4. The first-order valence-electron chi connectivity index (χ1n) is 11.6. The van der Waals surface area contributed by atoms with Gasteiger partial charge >= 0.3 is 0 Å². The van der Waals surface area contributed by atoms with Gasteiger partial charge in [-0.1, -0.05) is 0 Å². The molecule has 2 saturated carbocycles. The zero-order valence-corrected chi connectivity index (χ0v) is 17.8. The number of hydrazine groups is 1. The zero-order chi connectivity index (χ0) is 21.8. The summed E-state index contributed by atoms with van der Waals surface area (Å²) < 4.78 is 46.0. The Morgan fingerprint density at radius 3 is 2.42 bits per heavy atom. The summed E-state index contributed by atoms with van der Waals surface area (Å²) in [5, 5.41) is 6.02. The second-order valence-electron chi connectivity index (χ2n) is 9.34. The number of amides is 1. The molecule has 2 aliphatic carbocycles.